The average Bonchev–Trinajstić information content (AvgIpc) is 2.80. The third-order valence-electron chi connectivity index (χ3n) is 3.73. The maximum absolute atomic E-state index is 6.27. The number of benzene rings is 1. The molecule has 0 aliphatic carbocycles. The molecule has 0 saturated heterocycles. The summed E-state index contributed by atoms with van der Waals surface area (Å²) in [5.41, 5.74) is 5.71. The van der Waals surface area contributed by atoms with Gasteiger partial charge in [-0.1, -0.05) is 24.3 Å². The van der Waals surface area contributed by atoms with Crippen molar-refractivity contribution in [3.8, 4) is 5.75 Å². The second kappa shape index (κ2) is 5.97. The van der Waals surface area contributed by atoms with E-state index in [1.165, 1.54) is 11.1 Å². The monoisotopic (exact) mass is 270 g/mol. The highest BCUT2D eigenvalue weighted by atomic mass is 16.5. The molecule has 0 amide bonds. The topological polar surface area (TPSA) is 47.3 Å². The molecule has 3 N–H and O–H groups in total. The first-order valence-corrected chi connectivity index (χ1v) is 6.82. The van der Waals surface area contributed by atoms with Crippen molar-refractivity contribution in [3.05, 3.63) is 61.2 Å². The molecule has 0 atom stereocenters. The van der Waals surface area contributed by atoms with Gasteiger partial charge in [-0.3, -0.25) is 5.84 Å². The molecule has 20 heavy (non-hydrogen) atoms. The van der Waals surface area contributed by atoms with Crippen LogP contribution in [0.1, 0.15) is 24.0 Å². The summed E-state index contributed by atoms with van der Waals surface area (Å²) in [6.07, 6.45) is 8.95. The predicted octanol–water partition coefficient (Wildman–Crippen LogP) is 3.53. The van der Waals surface area contributed by atoms with E-state index in [4.69, 9.17) is 10.6 Å². The van der Waals surface area contributed by atoms with Crippen LogP contribution in [0.15, 0.2) is 50.1 Å². The quantitative estimate of drug-likeness (QED) is 0.453. The highest BCUT2D eigenvalue weighted by Gasteiger charge is 2.39. The second-order valence-electron chi connectivity index (χ2n) is 5.16. The largest absolute Gasteiger partial charge is 0.484 e. The molecule has 1 aromatic rings. The summed E-state index contributed by atoms with van der Waals surface area (Å²) in [5.74, 6) is 6.45. The van der Waals surface area contributed by atoms with Crippen LogP contribution in [0.2, 0.25) is 0 Å². The lowest BCUT2D eigenvalue weighted by atomic mass is 9.88. The van der Waals surface area contributed by atoms with Crippen molar-refractivity contribution in [2.45, 2.75) is 31.3 Å². The lowest BCUT2D eigenvalue weighted by Crippen LogP contribution is -2.33. The van der Waals surface area contributed by atoms with Crippen LogP contribution in [0.3, 0.4) is 0 Å². The Balaban J connectivity index is 2.46. The number of anilines is 1. The first-order chi connectivity index (χ1) is 9.69. The Bertz CT molecular complexity index is 524. The van der Waals surface area contributed by atoms with Gasteiger partial charge in [0.25, 0.3) is 0 Å². The third-order valence-corrected chi connectivity index (χ3v) is 3.73. The Morgan fingerprint density at radius 3 is 2.45 bits per heavy atom. The van der Waals surface area contributed by atoms with Gasteiger partial charge in [0.15, 0.2) is 0 Å². The van der Waals surface area contributed by atoms with Gasteiger partial charge in [-0.25, -0.2) is 0 Å². The number of rotatable bonds is 7. The van der Waals surface area contributed by atoms with Crippen LogP contribution in [0.4, 0.5) is 5.69 Å². The normalized spacial score (nSPS) is 15.1. The first kappa shape index (κ1) is 14.4. The predicted molar refractivity (Wildman–Crippen MR) is 84.8 cm³/mol. The minimum Gasteiger partial charge on any atom is -0.484 e. The Kier molecular flexibility index (Phi) is 4.30. The van der Waals surface area contributed by atoms with Crippen molar-refractivity contribution < 1.29 is 4.74 Å². The van der Waals surface area contributed by atoms with Crippen molar-refractivity contribution in [2.75, 3.05) is 5.43 Å². The molecule has 1 aliphatic rings. The number of ether oxygens (including phenoxy) is 1. The molecular weight excluding hydrogens is 248 g/mol. The Labute approximate surface area is 120 Å². The van der Waals surface area contributed by atoms with E-state index >= 15 is 0 Å². The molecule has 106 valence electrons. The fraction of sp³-hybridized carbons (Fsp3) is 0.294. The maximum atomic E-state index is 6.27. The lowest BCUT2D eigenvalue weighted by molar-refractivity contribution is 0.102. The van der Waals surface area contributed by atoms with Crippen molar-refractivity contribution in [2.24, 2.45) is 5.84 Å². The molecule has 3 heteroatoms. The third kappa shape index (κ3) is 2.49. The zero-order valence-corrected chi connectivity index (χ0v) is 11.8. The first-order valence-electron chi connectivity index (χ1n) is 6.82. The van der Waals surface area contributed by atoms with Crippen LogP contribution in [0.5, 0.6) is 5.75 Å². The average molecular weight is 270 g/mol. The number of hydrogen-bond donors (Lipinski definition) is 2. The van der Waals surface area contributed by atoms with E-state index in [0.29, 0.717) is 0 Å². The van der Waals surface area contributed by atoms with E-state index in [0.717, 1.165) is 37.1 Å². The van der Waals surface area contributed by atoms with Crippen LogP contribution in [-0.4, -0.2) is 5.60 Å². The number of nitrogens with two attached hydrogens (primary N) is 1. The van der Waals surface area contributed by atoms with Gasteiger partial charge in [-0.05, 0) is 18.1 Å². The SMILES string of the molecule is C=CCc1ccc(NN)c2c1CC(CC=C)(CC=C)O2. The van der Waals surface area contributed by atoms with Crippen molar-refractivity contribution >= 4 is 5.69 Å². The number of allylic oxidation sites excluding steroid dienone is 1. The molecule has 1 heterocycles. The number of fused-ring (bicyclic) bond motifs is 1. The molecule has 0 unspecified atom stereocenters. The summed E-state index contributed by atoms with van der Waals surface area (Å²) < 4.78 is 6.27. The summed E-state index contributed by atoms with van der Waals surface area (Å²) in [6, 6.07) is 4.03. The summed E-state index contributed by atoms with van der Waals surface area (Å²) in [7, 11) is 0. The van der Waals surface area contributed by atoms with Gasteiger partial charge < -0.3 is 10.2 Å². The minimum atomic E-state index is -0.283. The number of hydrazine groups is 1. The van der Waals surface area contributed by atoms with Crippen LogP contribution in [0.25, 0.3) is 0 Å². The van der Waals surface area contributed by atoms with E-state index in [9.17, 15) is 0 Å². The van der Waals surface area contributed by atoms with Crippen LogP contribution >= 0.6 is 0 Å². The van der Waals surface area contributed by atoms with Crippen molar-refractivity contribution in [3.63, 3.8) is 0 Å². The highest BCUT2D eigenvalue weighted by molar-refractivity contribution is 5.64. The fourth-order valence-electron chi connectivity index (χ4n) is 2.85. The summed E-state index contributed by atoms with van der Waals surface area (Å²) in [6.45, 7) is 11.5. The van der Waals surface area contributed by atoms with Crippen molar-refractivity contribution in [1.82, 2.24) is 0 Å². The van der Waals surface area contributed by atoms with E-state index in [1.54, 1.807) is 0 Å². The maximum Gasteiger partial charge on any atom is 0.148 e. The van der Waals surface area contributed by atoms with Gasteiger partial charge in [-0.2, -0.15) is 0 Å². The van der Waals surface area contributed by atoms with E-state index in [-0.39, 0.29) is 5.60 Å². The van der Waals surface area contributed by atoms with Crippen LogP contribution < -0.4 is 16.0 Å². The molecule has 1 aliphatic heterocycles. The lowest BCUT2D eigenvalue weighted by Gasteiger charge is -2.26. The molecule has 2 rings (SSSR count). The highest BCUT2D eigenvalue weighted by Crippen LogP contribution is 2.45. The Morgan fingerprint density at radius 1 is 1.20 bits per heavy atom. The molecule has 0 spiro atoms. The molecule has 0 radical (unpaired) electrons. The second-order valence-corrected chi connectivity index (χ2v) is 5.16. The molecule has 0 bridgehead atoms. The number of nitrogen functional groups attached to an aromatic ring is 1. The zero-order chi connectivity index (χ0) is 14.6. The van der Waals surface area contributed by atoms with Gasteiger partial charge in [0.1, 0.15) is 11.4 Å². The van der Waals surface area contributed by atoms with Crippen LogP contribution in [0, 0.1) is 0 Å². The fourth-order valence-corrected chi connectivity index (χ4v) is 2.85. The van der Waals surface area contributed by atoms with Gasteiger partial charge in [-0.15, -0.1) is 19.7 Å². The standard InChI is InChI=1S/C17H22N2O/c1-4-7-13-8-9-15(19-18)16-14(13)12-17(20-16,10-5-2)11-6-3/h4-6,8-9,19H,1-3,7,10-12,18H2. The van der Waals surface area contributed by atoms with Crippen molar-refractivity contribution in [1.29, 1.82) is 0 Å². The Morgan fingerprint density at radius 2 is 1.90 bits per heavy atom. The molecule has 3 nitrogen and oxygen atoms in total. The van der Waals surface area contributed by atoms with Gasteiger partial charge >= 0.3 is 0 Å². The van der Waals surface area contributed by atoms with Crippen LogP contribution in [-0.2, 0) is 12.8 Å². The summed E-state index contributed by atoms with van der Waals surface area (Å²) in [5, 5.41) is 0. The molecular formula is C17H22N2O. The molecule has 0 saturated carbocycles. The van der Waals surface area contributed by atoms with E-state index in [1.807, 2.05) is 24.3 Å². The summed E-state index contributed by atoms with van der Waals surface area (Å²) >= 11 is 0. The van der Waals surface area contributed by atoms with E-state index < -0.39 is 0 Å². The zero-order valence-electron chi connectivity index (χ0n) is 11.8. The van der Waals surface area contributed by atoms with Gasteiger partial charge in [0, 0.05) is 24.8 Å². The van der Waals surface area contributed by atoms with Gasteiger partial charge in [0.2, 0.25) is 0 Å². The molecule has 0 fully saturated rings. The smallest absolute Gasteiger partial charge is 0.148 e. The number of nitrogens with one attached hydrogen (secondary N) is 1. The molecule has 1 aromatic carbocycles. The van der Waals surface area contributed by atoms with E-state index in [2.05, 4.69) is 31.2 Å². The minimum absolute atomic E-state index is 0.283. The van der Waals surface area contributed by atoms with Gasteiger partial charge in [0.05, 0.1) is 5.69 Å². The Hall–Kier alpha value is -2.00. The summed E-state index contributed by atoms with van der Waals surface area (Å²) in [4.78, 5) is 0. The molecule has 0 aromatic heterocycles. The number of hydrogen-bond acceptors (Lipinski definition) is 3.